The zero-order valence-electron chi connectivity index (χ0n) is 9.91. The van der Waals surface area contributed by atoms with Crippen molar-refractivity contribution in [3.05, 3.63) is 0 Å². The lowest BCUT2D eigenvalue weighted by atomic mass is 10.3. The Bertz CT molecular complexity index is 255. The number of nitrogens with one attached hydrogen (secondary N) is 1. The van der Waals surface area contributed by atoms with Gasteiger partial charge in [0.05, 0.1) is 19.0 Å². The molecule has 1 fully saturated rings. The Morgan fingerprint density at radius 2 is 2.19 bits per heavy atom. The highest BCUT2D eigenvalue weighted by molar-refractivity contribution is 5.78. The highest BCUT2D eigenvalue weighted by Gasteiger charge is 2.17. The molecule has 1 aliphatic heterocycles. The molecule has 0 bridgehead atoms. The number of nitriles is 1. The Balaban J connectivity index is 2.33. The van der Waals surface area contributed by atoms with E-state index >= 15 is 0 Å². The Kier molecular flexibility index (Phi) is 5.83. The molecule has 0 aromatic heterocycles. The van der Waals surface area contributed by atoms with Crippen LogP contribution in [0.25, 0.3) is 0 Å². The van der Waals surface area contributed by atoms with Crippen molar-refractivity contribution in [2.75, 3.05) is 45.8 Å². The van der Waals surface area contributed by atoms with Crippen LogP contribution in [0.1, 0.15) is 13.3 Å². The number of hydrogen-bond acceptors (Lipinski definition) is 4. The first-order chi connectivity index (χ1) is 7.77. The molecule has 90 valence electrons. The van der Waals surface area contributed by atoms with E-state index < -0.39 is 0 Å². The minimum Gasteiger partial charge on any atom is -0.341 e. The fraction of sp³-hybridized carbons (Fsp3) is 0.818. The molecule has 1 saturated heterocycles. The first-order valence-corrected chi connectivity index (χ1v) is 5.85. The Morgan fingerprint density at radius 3 is 2.75 bits per heavy atom. The quantitative estimate of drug-likeness (QED) is 0.693. The predicted octanol–water partition coefficient (Wildman–Crippen LogP) is -0.346. The molecular weight excluding hydrogens is 204 g/mol. The van der Waals surface area contributed by atoms with Crippen LogP contribution < -0.4 is 5.32 Å². The highest BCUT2D eigenvalue weighted by atomic mass is 16.2. The van der Waals surface area contributed by atoms with E-state index in [0.717, 1.165) is 26.2 Å². The second-order valence-corrected chi connectivity index (χ2v) is 3.91. The van der Waals surface area contributed by atoms with Gasteiger partial charge in [-0.2, -0.15) is 5.26 Å². The molecule has 1 rings (SSSR count). The zero-order chi connectivity index (χ0) is 11.8. The van der Waals surface area contributed by atoms with Crippen LogP contribution in [0, 0.1) is 11.3 Å². The van der Waals surface area contributed by atoms with Crippen LogP contribution >= 0.6 is 0 Å². The van der Waals surface area contributed by atoms with Crippen molar-refractivity contribution in [3.8, 4) is 6.07 Å². The van der Waals surface area contributed by atoms with E-state index in [2.05, 4.69) is 16.3 Å². The topological polar surface area (TPSA) is 59.4 Å². The van der Waals surface area contributed by atoms with Crippen LogP contribution in [0.5, 0.6) is 0 Å². The van der Waals surface area contributed by atoms with E-state index in [1.165, 1.54) is 0 Å². The summed E-state index contributed by atoms with van der Waals surface area (Å²) in [6, 6.07) is 2.07. The maximum Gasteiger partial charge on any atom is 0.236 e. The summed E-state index contributed by atoms with van der Waals surface area (Å²) in [5.41, 5.74) is 0. The predicted molar refractivity (Wildman–Crippen MR) is 61.8 cm³/mol. The second-order valence-electron chi connectivity index (χ2n) is 3.91. The maximum absolute atomic E-state index is 11.9. The van der Waals surface area contributed by atoms with E-state index in [1.807, 2.05) is 6.92 Å². The van der Waals surface area contributed by atoms with Crippen molar-refractivity contribution in [1.82, 2.24) is 15.1 Å². The number of carbonyl (C=O) groups excluding carboxylic acids is 1. The van der Waals surface area contributed by atoms with Crippen LogP contribution in [0.15, 0.2) is 0 Å². The minimum absolute atomic E-state index is 0.139. The molecule has 0 aliphatic carbocycles. The monoisotopic (exact) mass is 224 g/mol. The summed E-state index contributed by atoms with van der Waals surface area (Å²) in [5.74, 6) is 0.139. The first kappa shape index (κ1) is 12.9. The van der Waals surface area contributed by atoms with E-state index in [-0.39, 0.29) is 5.91 Å². The summed E-state index contributed by atoms with van der Waals surface area (Å²) in [6.07, 6.45) is 0.418. The molecule has 1 heterocycles. The Morgan fingerprint density at radius 1 is 1.50 bits per heavy atom. The lowest BCUT2D eigenvalue weighted by Gasteiger charge is -2.29. The van der Waals surface area contributed by atoms with Gasteiger partial charge in [0.2, 0.25) is 5.91 Å². The highest BCUT2D eigenvalue weighted by Crippen LogP contribution is 1.97. The van der Waals surface area contributed by atoms with Gasteiger partial charge in [0.1, 0.15) is 0 Å². The molecule has 5 nitrogen and oxygen atoms in total. The van der Waals surface area contributed by atoms with Crippen LogP contribution in [0.2, 0.25) is 0 Å². The molecule has 0 atom stereocenters. The van der Waals surface area contributed by atoms with Crippen molar-refractivity contribution in [1.29, 1.82) is 5.26 Å². The van der Waals surface area contributed by atoms with Gasteiger partial charge in [0.15, 0.2) is 0 Å². The van der Waals surface area contributed by atoms with Gasteiger partial charge in [-0.1, -0.05) is 0 Å². The van der Waals surface area contributed by atoms with Crippen LogP contribution in [0.4, 0.5) is 0 Å². The summed E-state index contributed by atoms with van der Waals surface area (Å²) in [7, 11) is 0. The Labute approximate surface area is 97.0 Å². The number of piperazine rings is 1. The third-order valence-corrected chi connectivity index (χ3v) is 2.80. The van der Waals surface area contributed by atoms with Gasteiger partial charge in [-0.05, 0) is 6.92 Å². The average molecular weight is 224 g/mol. The summed E-state index contributed by atoms with van der Waals surface area (Å²) in [4.78, 5) is 15.8. The first-order valence-electron chi connectivity index (χ1n) is 5.85. The summed E-state index contributed by atoms with van der Waals surface area (Å²) >= 11 is 0. The number of hydrogen-bond donors (Lipinski definition) is 1. The zero-order valence-corrected chi connectivity index (χ0v) is 9.91. The van der Waals surface area contributed by atoms with Crippen LogP contribution in [0.3, 0.4) is 0 Å². The van der Waals surface area contributed by atoms with Gasteiger partial charge in [-0.25, -0.2) is 0 Å². The average Bonchev–Trinajstić information content (AvgIpc) is 2.31. The minimum atomic E-state index is 0.139. The molecule has 16 heavy (non-hydrogen) atoms. The molecular formula is C11H20N4O. The van der Waals surface area contributed by atoms with Crippen molar-refractivity contribution in [3.63, 3.8) is 0 Å². The third kappa shape index (κ3) is 4.17. The SMILES string of the molecule is CCN(CCC#N)C(=O)CN1CCNCC1. The normalized spacial score (nSPS) is 16.8. The lowest BCUT2D eigenvalue weighted by molar-refractivity contribution is -0.132. The number of amides is 1. The molecule has 0 aromatic rings. The van der Waals surface area contributed by atoms with Crippen molar-refractivity contribution >= 4 is 5.91 Å². The molecule has 0 spiro atoms. The standard InChI is InChI=1S/C11H20N4O/c1-2-15(7-3-4-12)11(16)10-14-8-5-13-6-9-14/h13H,2-3,5-10H2,1H3. The van der Waals surface area contributed by atoms with Gasteiger partial charge in [-0.3, -0.25) is 9.69 Å². The van der Waals surface area contributed by atoms with Gasteiger partial charge in [0.25, 0.3) is 0 Å². The van der Waals surface area contributed by atoms with Crippen LogP contribution in [-0.4, -0.2) is 61.5 Å². The molecule has 5 heteroatoms. The maximum atomic E-state index is 11.9. The second kappa shape index (κ2) is 7.20. The number of rotatable bonds is 5. The fourth-order valence-electron chi connectivity index (χ4n) is 1.80. The molecule has 1 amide bonds. The van der Waals surface area contributed by atoms with Gasteiger partial charge in [0, 0.05) is 39.3 Å². The fourth-order valence-corrected chi connectivity index (χ4v) is 1.80. The van der Waals surface area contributed by atoms with Crippen molar-refractivity contribution in [2.24, 2.45) is 0 Å². The number of likely N-dealkylation sites (N-methyl/N-ethyl adjacent to an activating group) is 1. The summed E-state index contributed by atoms with van der Waals surface area (Å²) < 4.78 is 0. The largest absolute Gasteiger partial charge is 0.341 e. The van der Waals surface area contributed by atoms with Gasteiger partial charge in [-0.15, -0.1) is 0 Å². The molecule has 0 radical (unpaired) electrons. The molecule has 0 saturated carbocycles. The van der Waals surface area contributed by atoms with E-state index in [0.29, 0.717) is 26.1 Å². The van der Waals surface area contributed by atoms with Gasteiger partial charge >= 0.3 is 0 Å². The molecule has 0 unspecified atom stereocenters. The molecule has 1 aliphatic rings. The van der Waals surface area contributed by atoms with E-state index in [1.54, 1.807) is 4.90 Å². The smallest absolute Gasteiger partial charge is 0.236 e. The summed E-state index contributed by atoms with van der Waals surface area (Å²) in [5, 5.41) is 11.8. The molecule has 1 N–H and O–H groups in total. The van der Waals surface area contributed by atoms with E-state index in [4.69, 9.17) is 5.26 Å². The third-order valence-electron chi connectivity index (χ3n) is 2.80. The lowest BCUT2D eigenvalue weighted by Crippen LogP contribution is -2.48. The van der Waals surface area contributed by atoms with E-state index in [9.17, 15) is 4.79 Å². The molecule has 0 aromatic carbocycles. The Hall–Kier alpha value is -1.12. The van der Waals surface area contributed by atoms with Crippen molar-refractivity contribution < 1.29 is 4.79 Å². The van der Waals surface area contributed by atoms with Gasteiger partial charge < -0.3 is 10.2 Å². The number of nitrogens with zero attached hydrogens (tertiary/aromatic N) is 3. The van der Waals surface area contributed by atoms with Crippen LogP contribution in [-0.2, 0) is 4.79 Å². The number of carbonyl (C=O) groups is 1. The van der Waals surface area contributed by atoms with Crippen molar-refractivity contribution in [2.45, 2.75) is 13.3 Å². The summed E-state index contributed by atoms with van der Waals surface area (Å²) in [6.45, 7) is 7.46.